The van der Waals surface area contributed by atoms with E-state index < -0.39 is 5.91 Å². The molecule has 2 rings (SSSR count). The van der Waals surface area contributed by atoms with Crippen LogP contribution in [0.1, 0.15) is 41.6 Å². The Labute approximate surface area is 133 Å². The van der Waals surface area contributed by atoms with E-state index in [9.17, 15) is 9.90 Å². The lowest BCUT2D eigenvalue weighted by atomic mass is 10.2. The van der Waals surface area contributed by atoms with Crippen LogP contribution in [-0.2, 0) is 6.42 Å². The molecule has 1 amide bonds. The summed E-state index contributed by atoms with van der Waals surface area (Å²) in [5.41, 5.74) is 0.170. The molecule has 7 heteroatoms. The van der Waals surface area contributed by atoms with Gasteiger partial charge in [-0.3, -0.25) is 10.1 Å². The van der Waals surface area contributed by atoms with Gasteiger partial charge in [0.25, 0.3) is 5.91 Å². The number of nitrogens with zero attached hydrogens (tertiary/aromatic N) is 2. The smallest absolute Gasteiger partial charge is 0.261 e. The van der Waals surface area contributed by atoms with Gasteiger partial charge in [0, 0.05) is 12.5 Å². The largest absolute Gasteiger partial charge is 0.507 e. The number of unbranched alkanes of at least 4 members (excludes halogenated alkanes) is 2. The molecule has 0 aliphatic rings. The first-order valence-corrected chi connectivity index (χ1v) is 7.96. The number of carbonyl (C=O) groups is 1. The Bertz CT molecular complexity index is 643. The zero-order chi connectivity index (χ0) is 15.9. The lowest BCUT2D eigenvalue weighted by Crippen LogP contribution is -2.11. The van der Waals surface area contributed by atoms with E-state index >= 15 is 0 Å². The van der Waals surface area contributed by atoms with E-state index in [-0.39, 0.29) is 11.3 Å². The van der Waals surface area contributed by atoms with Gasteiger partial charge >= 0.3 is 0 Å². The Morgan fingerprint density at radius 2 is 2.18 bits per heavy atom. The van der Waals surface area contributed by atoms with E-state index in [2.05, 4.69) is 22.4 Å². The minimum Gasteiger partial charge on any atom is -0.507 e. The number of ether oxygens (including phenoxy) is 1. The third-order valence-electron chi connectivity index (χ3n) is 3.13. The van der Waals surface area contributed by atoms with Crippen LogP contribution in [0.3, 0.4) is 0 Å². The predicted molar refractivity (Wildman–Crippen MR) is 85.8 cm³/mol. The average molecular weight is 321 g/mol. The van der Waals surface area contributed by atoms with E-state index in [0.717, 1.165) is 30.7 Å². The molecule has 6 nitrogen and oxygen atoms in total. The summed E-state index contributed by atoms with van der Waals surface area (Å²) in [6, 6.07) is 4.52. The number of methoxy groups -OCH3 is 1. The Kier molecular flexibility index (Phi) is 5.71. The average Bonchev–Trinajstić information content (AvgIpc) is 2.94. The molecule has 1 heterocycles. The fraction of sp³-hybridized carbons (Fsp3) is 0.400. The number of hydrogen-bond acceptors (Lipinski definition) is 6. The Morgan fingerprint density at radius 1 is 1.36 bits per heavy atom. The number of hydrogen-bond donors (Lipinski definition) is 2. The highest BCUT2D eigenvalue weighted by atomic mass is 32.1. The van der Waals surface area contributed by atoms with Crippen molar-refractivity contribution in [3.8, 4) is 11.5 Å². The second-order valence-corrected chi connectivity index (χ2v) is 5.86. The maximum absolute atomic E-state index is 12.1. The molecule has 2 aromatic rings. The lowest BCUT2D eigenvalue weighted by molar-refractivity contribution is 0.102. The second kappa shape index (κ2) is 7.74. The molecule has 118 valence electrons. The first kappa shape index (κ1) is 16.2. The summed E-state index contributed by atoms with van der Waals surface area (Å²) < 4.78 is 4.99. The van der Waals surface area contributed by atoms with Crippen molar-refractivity contribution in [2.75, 3.05) is 12.4 Å². The van der Waals surface area contributed by atoms with Crippen molar-refractivity contribution >= 4 is 22.4 Å². The summed E-state index contributed by atoms with van der Waals surface area (Å²) >= 11 is 1.36. The quantitative estimate of drug-likeness (QED) is 0.765. The zero-order valence-corrected chi connectivity index (χ0v) is 13.4. The molecule has 22 heavy (non-hydrogen) atoms. The van der Waals surface area contributed by atoms with Gasteiger partial charge in [-0.25, -0.2) is 0 Å². The number of carbonyl (C=O) groups excluding carboxylic acids is 1. The van der Waals surface area contributed by atoms with Crippen LogP contribution in [0.15, 0.2) is 18.2 Å². The van der Waals surface area contributed by atoms with E-state index in [0.29, 0.717) is 10.9 Å². The number of aryl methyl sites for hydroxylation is 1. The SMILES string of the molecule is CCCCCc1nnc(NC(=O)c2ccc(OC)cc2O)s1. The number of aromatic nitrogens is 2. The maximum atomic E-state index is 12.1. The third-order valence-corrected chi connectivity index (χ3v) is 4.03. The Balaban J connectivity index is 2.00. The van der Waals surface area contributed by atoms with Crippen molar-refractivity contribution in [1.82, 2.24) is 10.2 Å². The number of benzene rings is 1. The minimum absolute atomic E-state index is 0.135. The highest BCUT2D eigenvalue weighted by molar-refractivity contribution is 7.15. The van der Waals surface area contributed by atoms with Gasteiger partial charge in [-0.2, -0.15) is 0 Å². The molecule has 0 atom stereocenters. The lowest BCUT2D eigenvalue weighted by Gasteiger charge is -2.05. The van der Waals surface area contributed by atoms with Gasteiger partial charge in [-0.05, 0) is 18.6 Å². The van der Waals surface area contributed by atoms with E-state index in [1.54, 1.807) is 6.07 Å². The second-order valence-electron chi connectivity index (χ2n) is 4.80. The van der Waals surface area contributed by atoms with Crippen molar-refractivity contribution in [1.29, 1.82) is 0 Å². The number of aromatic hydroxyl groups is 1. The number of phenolic OH excluding ortho intramolecular Hbond substituents is 1. The molecule has 1 aromatic carbocycles. The molecule has 0 unspecified atom stereocenters. The molecule has 1 aromatic heterocycles. The third kappa shape index (κ3) is 4.17. The van der Waals surface area contributed by atoms with Gasteiger partial charge in [-0.15, -0.1) is 10.2 Å². The molecule has 0 saturated carbocycles. The van der Waals surface area contributed by atoms with Crippen LogP contribution >= 0.6 is 11.3 Å². The van der Waals surface area contributed by atoms with Crippen LogP contribution in [0.4, 0.5) is 5.13 Å². The number of amides is 1. The van der Waals surface area contributed by atoms with Crippen LogP contribution < -0.4 is 10.1 Å². The van der Waals surface area contributed by atoms with E-state index in [1.165, 1.54) is 30.6 Å². The van der Waals surface area contributed by atoms with Crippen molar-refractivity contribution in [2.45, 2.75) is 32.6 Å². The zero-order valence-electron chi connectivity index (χ0n) is 12.6. The molecular formula is C15H19N3O3S. The van der Waals surface area contributed by atoms with Gasteiger partial charge in [0.15, 0.2) is 0 Å². The minimum atomic E-state index is -0.420. The summed E-state index contributed by atoms with van der Waals surface area (Å²) in [4.78, 5) is 12.1. The Morgan fingerprint density at radius 3 is 2.86 bits per heavy atom. The summed E-state index contributed by atoms with van der Waals surface area (Å²) in [5, 5.41) is 21.9. The topological polar surface area (TPSA) is 84.3 Å². The number of nitrogens with one attached hydrogen (secondary N) is 1. The summed E-state index contributed by atoms with van der Waals surface area (Å²) in [6.07, 6.45) is 4.24. The van der Waals surface area contributed by atoms with Crippen molar-refractivity contribution in [3.05, 3.63) is 28.8 Å². The first-order valence-electron chi connectivity index (χ1n) is 7.14. The summed E-state index contributed by atoms with van der Waals surface area (Å²) in [7, 11) is 1.50. The molecule has 0 spiro atoms. The molecule has 2 N–H and O–H groups in total. The summed E-state index contributed by atoms with van der Waals surface area (Å²) in [5.74, 6) is -0.0656. The Hall–Kier alpha value is -2.15. The van der Waals surface area contributed by atoms with Crippen molar-refractivity contribution in [3.63, 3.8) is 0 Å². The number of phenols is 1. The van der Waals surface area contributed by atoms with Crippen LogP contribution in [-0.4, -0.2) is 28.3 Å². The number of anilines is 1. The molecular weight excluding hydrogens is 302 g/mol. The van der Waals surface area contributed by atoms with Crippen molar-refractivity contribution in [2.24, 2.45) is 0 Å². The molecule has 0 radical (unpaired) electrons. The maximum Gasteiger partial charge on any atom is 0.261 e. The number of rotatable bonds is 7. The fourth-order valence-electron chi connectivity index (χ4n) is 1.93. The van der Waals surface area contributed by atoms with Gasteiger partial charge in [0.1, 0.15) is 16.5 Å². The highest BCUT2D eigenvalue weighted by Crippen LogP contribution is 2.25. The van der Waals surface area contributed by atoms with Gasteiger partial charge in [0.05, 0.1) is 12.7 Å². The molecule has 0 aliphatic carbocycles. The predicted octanol–water partition coefficient (Wildman–Crippen LogP) is 3.24. The van der Waals surface area contributed by atoms with Gasteiger partial charge < -0.3 is 9.84 Å². The molecule has 0 fully saturated rings. The van der Waals surface area contributed by atoms with Gasteiger partial charge in [-0.1, -0.05) is 31.1 Å². The highest BCUT2D eigenvalue weighted by Gasteiger charge is 2.14. The first-order chi connectivity index (χ1) is 10.6. The van der Waals surface area contributed by atoms with Crippen LogP contribution in [0.5, 0.6) is 11.5 Å². The normalized spacial score (nSPS) is 10.5. The van der Waals surface area contributed by atoms with Gasteiger partial charge in [0.2, 0.25) is 5.13 Å². The summed E-state index contributed by atoms with van der Waals surface area (Å²) in [6.45, 7) is 2.15. The van der Waals surface area contributed by atoms with Crippen LogP contribution in [0.2, 0.25) is 0 Å². The molecule has 0 bridgehead atoms. The monoisotopic (exact) mass is 321 g/mol. The van der Waals surface area contributed by atoms with Crippen molar-refractivity contribution < 1.29 is 14.6 Å². The van der Waals surface area contributed by atoms with E-state index in [4.69, 9.17) is 4.74 Å². The van der Waals surface area contributed by atoms with Crippen LogP contribution in [0.25, 0.3) is 0 Å². The molecule has 0 aliphatic heterocycles. The molecule has 0 saturated heterocycles. The fourth-order valence-corrected chi connectivity index (χ4v) is 2.70. The van der Waals surface area contributed by atoms with E-state index in [1.807, 2.05) is 0 Å². The standard InChI is InChI=1S/C15H19N3O3S/c1-3-4-5-6-13-17-18-15(22-13)16-14(20)11-8-7-10(21-2)9-12(11)19/h7-9,19H,3-6H2,1-2H3,(H,16,18,20). The van der Waals surface area contributed by atoms with Crippen LogP contribution in [0, 0.1) is 0 Å².